The van der Waals surface area contributed by atoms with Crippen molar-refractivity contribution in [1.29, 1.82) is 0 Å². The fraction of sp³-hybridized carbons (Fsp3) is 0.429. The maximum Gasteiger partial charge on any atom is 0.325 e. The zero-order valence-electron chi connectivity index (χ0n) is 16.7. The number of ketones is 1. The third kappa shape index (κ3) is 3.28. The van der Waals surface area contributed by atoms with Crippen LogP contribution < -0.4 is 5.32 Å². The van der Waals surface area contributed by atoms with E-state index in [1.807, 2.05) is 31.2 Å². The summed E-state index contributed by atoms with van der Waals surface area (Å²) in [6.07, 6.45) is 0.199. The molecule has 0 unspecified atom stereocenters. The van der Waals surface area contributed by atoms with Crippen molar-refractivity contribution in [1.82, 2.24) is 20.0 Å². The molecule has 1 aromatic carbocycles. The van der Waals surface area contributed by atoms with E-state index in [1.165, 1.54) is 6.20 Å². The largest absolute Gasteiger partial charge is 0.325 e. The van der Waals surface area contributed by atoms with Crippen LogP contribution in [0.25, 0.3) is 5.69 Å². The first-order chi connectivity index (χ1) is 14.1. The molecule has 3 amide bonds. The van der Waals surface area contributed by atoms with Gasteiger partial charge in [0.2, 0.25) is 5.92 Å². The van der Waals surface area contributed by atoms with Gasteiger partial charge < -0.3 is 5.32 Å². The van der Waals surface area contributed by atoms with Gasteiger partial charge in [0.1, 0.15) is 5.54 Å². The third-order valence-corrected chi connectivity index (χ3v) is 6.04. The number of rotatable bonds is 4. The number of aryl methyl sites for hydroxylation is 1. The lowest BCUT2D eigenvalue weighted by Gasteiger charge is -2.34. The Morgan fingerprint density at radius 2 is 1.80 bits per heavy atom. The number of nitrogens with one attached hydrogen (secondary N) is 1. The van der Waals surface area contributed by atoms with Crippen LogP contribution in [0, 0.1) is 13.8 Å². The van der Waals surface area contributed by atoms with Crippen molar-refractivity contribution in [2.45, 2.75) is 51.0 Å². The highest BCUT2D eigenvalue weighted by Gasteiger charge is 2.55. The maximum absolute atomic E-state index is 13.5. The van der Waals surface area contributed by atoms with Crippen molar-refractivity contribution in [3.05, 3.63) is 47.3 Å². The first kappa shape index (κ1) is 20.2. The number of amides is 3. The number of aromatic nitrogens is 2. The van der Waals surface area contributed by atoms with E-state index in [1.54, 1.807) is 11.6 Å². The molecular weight excluding hydrogens is 394 g/mol. The van der Waals surface area contributed by atoms with Crippen LogP contribution in [0.4, 0.5) is 13.6 Å². The molecule has 1 aliphatic carbocycles. The minimum atomic E-state index is -2.83. The molecule has 1 spiro atoms. The molecule has 2 heterocycles. The number of alkyl halides is 2. The minimum absolute atomic E-state index is 0.139. The van der Waals surface area contributed by atoms with Gasteiger partial charge in [-0.3, -0.25) is 14.5 Å². The normalized spacial score (nSPS) is 19.9. The predicted molar refractivity (Wildman–Crippen MR) is 104 cm³/mol. The molecular formula is C21H22F2N4O3. The molecule has 158 valence electrons. The highest BCUT2D eigenvalue weighted by molar-refractivity contribution is 6.11. The van der Waals surface area contributed by atoms with Gasteiger partial charge in [-0.1, -0.05) is 18.2 Å². The second-order valence-corrected chi connectivity index (χ2v) is 8.02. The van der Waals surface area contributed by atoms with E-state index >= 15 is 0 Å². The van der Waals surface area contributed by atoms with Gasteiger partial charge in [-0.25, -0.2) is 18.3 Å². The molecule has 4 rings (SSSR count). The second-order valence-electron chi connectivity index (χ2n) is 8.02. The monoisotopic (exact) mass is 416 g/mol. The smallest absolute Gasteiger partial charge is 0.323 e. The van der Waals surface area contributed by atoms with Crippen molar-refractivity contribution in [3.8, 4) is 5.69 Å². The first-order valence-corrected chi connectivity index (χ1v) is 9.79. The van der Waals surface area contributed by atoms with E-state index in [-0.39, 0.29) is 12.8 Å². The van der Waals surface area contributed by atoms with Crippen LogP contribution in [0.2, 0.25) is 0 Å². The summed E-state index contributed by atoms with van der Waals surface area (Å²) >= 11 is 0. The lowest BCUT2D eigenvalue weighted by Crippen LogP contribution is -2.51. The lowest BCUT2D eigenvalue weighted by molar-refractivity contribution is -0.135. The average molecular weight is 416 g/mol. The average Bonchev–Trinajstić information content (AvgIpc) is 3.18. The summed E-state index contributed by atoms with van der Waals surface area (Å²) in [5.41, 5.74) is 1.36. The highest BCUT2D eigenvalue weighted by Crippen LogP contribution is 2.41. The van der Waals surface area contributed by atoms with Crippen LogP contribution >= 0.6 is 0 Å². The molecule has 1 saturated heterocycles. The number of hydrogen-bond donors (Lipinski definition) is 1. The van der Waals surface area contributed by atoms with E-state index in [2.05, 4.69) is 10.4 Å². The molecule has 2 aliphatic rings. The van der Waals surface area contributed by atoms with Gasteiger partial charge in [-0.05, 0) is 38.3 Å². The SMILES string of the molecule is Cc1ccccc1-n1ncc(C(=O)CN2C(=O)NC3(CCC(F)(F)CC3)C2=O)c1C. The van der Waals surface area contributed by atoms with E-state index in [0.717, 1.165) is 16.2 Å². The van der Waals surface area contributed by atoms with E-state index in [9.17, 15) is 23.2 Å². The van der Waals surface area contributed by atoms with Crippen molar-refractivity contribution in [2.75, 3.05) is 6.54 Å². The Labute approximate surface area is 172 Å². The van der Waals surface area contributed by atoms with Crippen molar-refractivity contribution < 1.29 is 23.2 Å². The zero-order chi connectivity index (χ0) is 21.7. The molecule has 9 heteroatoms. The molecule has 1 N–H and O–H groups in total. The summed E-state index contributed by atoms with van der Waals surface area (Å²) < 4.78 is 28.7. The number of hydrogen-bond acceptors (Lipinski definition) is 4. The van der Waals surface area contributed by atoms with Gasteiger partial charge in [0.25, 0.3) is 5.91 Å². The van der Waals surface area contributed by atoms with E-state index < -0.39 is 48.6 Å². The Bertz CT molecular complexity index is 1040. The summed E-state index contributed by atoms with van der Waals surface area (Å²) in [6.45, 7) is 3.21. The van der Waals surface area contributed by atoms with Crippen LogP contribution in [-0.4, -0.2) is 50.4 Å². The highest BCUT2D eigenvalue weighted by atomic mass is 19.3. The summed E-state index contributed by atoms with van der Waals surface area (Å²) in [5.74, 6) is -3.88. The van der Waals surface area contributed by atoms with Gasteiger partial charge in [0.05, 0.1) is 29.7 Å². The number of halogens is 2. The Hall–Kier alpha value is -3.10. The third-order valence-electron chi connectivity index (χ3n) is 6.04. The fourth-order valence-corrected chi connectivity index (χ4v) is 4.16. The molecule has 0 radical (unpaired) electrons. The van der Waals surface area contributed by atoms with Crippen LogP contribution in [0.3, 0.4) is 0 Å². The van der Waals surface area contributed by atoms with Crippen LogP contribution in [0.1, 0.15) is 47.3 Å². The van der Waals surface area contributed by atoms with Gasteiger partial charge in [-0.2, -0.15) is 5.10 Å². The summed E-state index contributed by atoms with van der Waals surface area (Å²) in [7, 11) is 0. The topological polar surface area (TPSA) is 84.3 Å². The number of nitrogens with zero attached hydrogens (tertiary/aromatic N) is 3. The molecule has 2 aromatic rings. The minimum Gasteiger partial charge on any atom is -0.323 e. The second kappa shape index (κ2) is 7.00. The summed E-state index contributed by atoms with van der Waals surface area (Å²) in [6, 6.07) is 6.86. The lowest BCUT2D eigenvalue weighted by atomic mass is 9.80. The van der Waals surface area contributed by atoms with Gasteiger partial charge in [0.15, 0.2) is 5.78 Å². The summed E-state index contributed by atoms with van der Waals surface area (Å²) in [4.78, 5) is 38.9. The van der Waals surface area contributed by atoms with Crippen LogP contribution in [-0.2, 0) is 4.79 Å². The molecule has 0 atom stereocenters. The zero-order valence-corrected chi connectivity index (χ0v) is 16.7. The Balaban J connectivity index is 1.53. The Kier molecular flexibility index (Phi) is 4.71. The number of carbonyl (C=O) groups is 3. The number of Topliss-reactive ketones (excluding diaryl/α,β-unsaturated/α-hetero) is 1. The molecule has 30 heavy (non-hydrogen) atoms. The van der Waals surface area contributed by atoms with Crippen molar-refractivity contribution in [2.24, 2.45) is 0 Å². The van der Waals surface area contributed by atoms with Crippen molar-refractivity contribution in [3.63, 3.8) is 0 Å². The molecule has 2 fully saturated rings. The fourth-order valence-electron chi connectivity index (χ4n) is 4.16. The molecule has 1 saturated carbocycles. The quantitative estimate of drug-likeness (QED) is 0.613. The van der Waals surface area contributed by atoms with Crippen LogP contribution in [0.5, 0.6) is 0 Å². The van der Waals surface area contributed by atoms with Crippen LogP contribution in [0.15, 0.2) is 30.5 Å². The number of carbonyl (C=O) groups excluding carboxylic acids is 3. The van der Waals surface area contributed by atoms with Gasteiger partial charge in [0, 0.05) is 12.8 Å². The van der Waals surface area contributed by atoms with E-state index in [0.29, 0.717) is 11.3 Å². The Morgan fingerprint density at radius 3 is 2.47 bits per heavy atom. The standard InChI is InChI=1S/C21H22F2N4O3/c1-13-5-3-4-6-16(13)27-14(2)15(11-24-27)17(28)12-26-18(29)20(25-19(26)30)7-9-21(22,23)10-8-20/h3-6,11H,7-10,12H2,1-2H3,(H,25,30). The molecule has 7 nitrogen and oxygen atoms in total. The van der Waals surface area contributed by atoms with Gasteiger partial charge in [-0.15, -0.1) is 0 Å². The Morgan fingerprint density at radius 1 is 1.13 bits per heavy atom. The molecule has 1 aliphatic heterocycles. The van der Waals surface area contributed by atoms with Gasteiger partial charge >= 0.3 is 6.03 Å². The van der Waals surface area contributed by atoms with E-state index in [4.69, 9.17) is 0 Å². The predicted octanol–water partition coefficient (Wildman–Crippen LogP) is 3.17. The molecule has 1 aromatic heterocycles. The first-order valence-electron chi connectivity index (χ1n) is 9.79. The number of imide groups is 1. The number of para-hydroxylation sites is 1. The summed E-state index contributed by atoms with van der Waals surface area (Å²) in [5, 5.41) is 6.84. The number of benzene rings is 1. The maximum atomic E-state index is 13.5. The molecule has 0 bridgehead atoms. The van der Waals surface area contributed by atoms with Crippen molar-refractivity contribution >= 4 is 17.7 Å². The number of urea groups is 1.